The van der Waals surface area contributed by atoms with E-state index in [0.717, 1.165) is 30.6 Å². The molecule has 9 atom stereocenters. The minimum atomic E-state index is -3.92. The van der Waals surface area contributed by atoms with Gasteiger partial charge in [-0.25, -0.2) is 23.2 Å². The van der Waals surface area contributed by atoms with E-state index in [1.807, 2.05) is 68.6 Å². The lowest BCUT2D eigenvalue weighted by molar-refractivity contribution is -0.142. The number of carbonyl (C=O) groups excluding carboxylic acids is 4. The fourth-order valence-corrected chi connectivity index (χ4v) is 12.1. The first-order chi connectivity index (χ1) is 31.2. The number of carbonyl (C=O) groups is 4. The van der Waals surface area contributed by atoms with Crippen LogP contribution in [0.15, 0.2) is 60.1 Å². The first kappa shape index (κ1) is 45.1. The molecule has 1 aromatic carbocycles. The van der Waals surface area contributed by atoms with E-state index in [4.69, 9.17) is 19.2 Å². The molecule has 5 fully saturated rings. The quantitative estimate of drug-likeness (QED) is 0.162. The van der Waals surface area contributed by atoms with Crippen molar-refractivity contribution in [3.8, 4) is 33.5 Å². The predicted molar refractivity (Wildman–Crippen MR) is 244 cm³/mol. The Labute approximate surface area is 384 Å². The molecule has 9 rings (SSSR count). The van der Waals surface area contributed by atoms with Crippen LogP contribution in [0.2, 0.25) is 0 Å². The summed E-state index contributed by atoms with van der Waals surface area (Å²) < 4.78 is 46.9. The molecule has 0 radical (unpaired) electrons. The summed E-state index contributed by atoms with van der Waals surface area (Å²) >= 11 is 1.43. The van der Waals surface area contributed by atoms with Crippen LogP contribution in [0.25, 0.3) is 22.0 Å². The lowest BCUT2D eigenvalue weighted by Crippen LogP contribution is -2.59. The molecule has 15 nitrogen and oxygen atoms in total. The molecule has 3 N–H and O–H groups in total. The van der Waals surface area contributed by atoms with Gasteiger partial charge in [0.2, 0.25) is 21.8 Å². The van der Waals surface area contributed by atoms with Crippen molar-refractivity contribution in [1.82, 2.24) is 30.2 Å². The third-order valence-corrected chi connectivity index (χ3v) is 16.6. The Morgan fingerprint density at radius 1 is 0.985 bits per heavy atom. The standard InChI is InChI=1S/C48H60N6O9S2/c1-5-29-18-28(4)8-6-7-9-33-25-48(33,46(57)53-65(59,60)38-14-15-38)52-43(55)41-24-37(26-54(41)45(56)42(29)51-47(58)63-35-20-31-19-32(31)21-35)62-36-22-39(50-40(23-36)44-49-16-17-64-44)30-10-12-34(13-11-30)61-27(2)3/h7,9-13,16-17,22-23,27-29,31-33,35,37-38,41-42H,5-6,8,14-15,18-21,24-26H2,1-4H3,(H,51,58)(H,52,55)(H,53,57). The Morgan fingerprint density at radius 2 is 1.74 bits per heavy atom. The SMILES string of the molecule is CCC1CC(C)CCC=CC2CC2(C(=O)NS(=O)(=O)C2CC2)NC(=O)C2CC(Oc3cc(-c4ccc(OC(C)C)cc4)nc(-c4nccs4)c3)CN2C(=O)C1NC(=O)OC1CC2CC2C1. The lowest BCUT2D eigenvalue weighted by atomic mass is 9.85. The van der Waals surface area contributed by atoms with Gasteiger partial charge in [-0.1, -0.05) is 32.4 Å². The van der Waals surface area contributed by atoms with Crippen molar-refractivity contribution in [3.05, 3.63) is 60.1 Å². The van der Waals surface area contributed by atoms with Crippen LogP contribution in [0.3, 0.4) is 0 Å². The van der Waals surface area contributed by atoms with E-state index in [1.54, 1.807) is 12.3 Å². The molecule has 6 aliphatic rings. The van der Waals surface area contributed by atoms with Crippen molar-refractivity contribution >= 4 is 45.2 Å². The van der Waals surface area contributed by atoms with Crippen molar-refractivity contribution in [3.63, 3.8) is 0 Å². The van der Waals surface area contributed by atoms with Gasteiger partial charge in [0.1, 0.15) is 52.0 Å². The zero-order chi connectivity index (χ0) is 45.6. The molecule has 3 aromatic rings. The van der Waals surface area contributed by atoms with E-state index in [9.17, 15) is 22.8 Å². The zero-order valence-corrected chi connectivity index (χ0v) is 39.1. The topological polar surface area (TPSA) is 195 Å². The molecule has 65 heavy (non-hydrogen) atoms. The van der Waals surface area contributed by atoms with E-state index in [1.165, 1.54) is 22.7 Å². The number of sulfonamides is 1. The minimum Gasteiger partial charge on any atom is -0.491 e. The average Bonchev–Trinajstić information content (AvgIpc) is 4.22. The first-order valence-electron chi connectivity index (χ1n) is 23.4. The van der Waals surface area contributed by atoms with E-state index < -0.39 is 68.7 Å². The second kappa shape index (κ2) is 18.3. The van der Waals surface area contributed by atoms with Crippen LogP contribution in [0, 0.1) is 29.6 Å². The molecule has 348 valence electrons. The number of nitrogens with one attached hydrogen (secondary N) is 3. The monoisotopic (exact) mass is 928 g/mol. The summed E-state index contributed by atoms with van der Waals surface area (Å²) in [4.78, 5) is 68.7. The van der Waals surface area contributed by atoms with Crippen LogP contribution < -0.4 is 24.8 Å². The number of allylic oxidation sites excluding steroid dienone is 1. The normalized spacial score (nSPS) is 31.1. The first-order valence-corrected chi connectivity index (χ1v) is 25.8. The van der Waals surface area contributed by atoms with Gasteiger partial charge >= 0.3 is 6.09 Å². The van der Waals surface area contributed by atoms with Crippen molar-refractivity contribution in [2.45, 2.75) is 140 Å². The number of hydrogen-bond acceptors (Lipinski definition) is 12. The third kappa shape index (κ3) is 10.2. The van der Waals surface area contributed by atoms with Crippen LogP contribution in [-0.4, -0.2) is 94.8 Å². The number of ether oxygens (including phenoxy) is 3. The van der Waals surface area contributed by atoms with Gasteiger partial charge in [-0.3, -0.25) is 19.1 Å². The molecule has 1 saturated heterocycles. The Hall–Kier alpha value is -5.03. The number of nitrogens with zero attached hydrogens (tertiary/aromatic N) is 3. The van der Waals surface area contributed by atoms with Crippen LogP contribution in [0.1, 0.15) is 98.3 Å². The van der Waals surface area contributed by atoms with Gasteiger partial charge in [0, 0.05) is 41.6 Å². The number of hydrogen-bond donors (Lipinski definition) is 3. The third-order valence-electron chi connectivity index (χ3n) is 14.0. The Balaban J connectivity index is 1.04. The van der Waals surface area contributed by atoms with Crippen LogP contribution in [0.5, 0.6) is 11.5 Å². The number of benzene rings is 1. The van der Waals surface area contributed by atoms with Crippen molar-refractivity contribution < 1.29 is 41.8 Å². The van der Waals surface area contributed by atoms with Crippen LogP contribution >= 0.6 is 11.3 Å². The minimum absolute atomic E-state index is 0.00775. The molecular formula is C48H60N6O9S2. The fourth-order valence-electron chi connectivity index (χ4n) is 10.1. The lowest BCUT2D eigenvalue weighted by Gasteiger charge is -2.34. The van der Waals surface area contributed by atoms with E-state index in [-0.39, 0.29) is 43.4 Å². The highest BCUT2D eigenvalue weighted by Gasteiger charge is 2.62. The van der Waals surface area contributed by atoms with Crippen molar-refractivity contribution in [2.75, 3.05) is 6.54 Å². The fraction of sp³-hybridized carbons (Fsp3) is 0.583. The summed E-state index contributed by atoms with van der Waals surface area (Å²) in [5, 5.41) is 7.85. The van der Waals surface area contributed by atoms with E-state index in [0.29, 0.717) is 66.1 Å². The van der Waals surface area contributed by atoms with Gasteiger partial charge in [-0.2, -0.15) is 0 Å². The van der Waals surface area contributed by atoms with Gasteiger partial charge in [0.15, 0.2) is 0 Å². The highest BCUT2D eigenvalue weighted by atomic mass is 32.2. The maximum Gasteiger partial charge on any atom is 0.408 e. The Kier molecular flexibility index (Phi) is 12.7. The van der Waals surface area contributed by atoms with Gasteiger partial charge in [0.25, 0.3) is 5.91 Å². The molecule has 0 bridgehead atoms. The summed E-state index contributed by atoms with van der Waals surface area (Å²) in [6.07, 6.45) is 10.7. The van der Waals surface area contributed by atoms with Crippen LogP contribution in [0.4, 0.5) is 4.79 Å². The molecule has 4 amide bonds. The number of pyridine rings is 1. The summed E-state index contributed by atoms with van der Waals surface area (Å²) in [7, 11) is -3.92. The summed E-state index contributed by atoms with van der Waals surface area (Å²) in [6.45, 7) is 8.05. The number of rotatable bonds is 12. The molecule has 9 unspecified atom stereocenters. The molecule has 17 heteroatoms. The number of thiazole rings is 1. The van der Waals surface area contributed by atoms with Gasteiger partial charge in [0.05, 0.1) is 23.6 Å². The zero-order valence-electron chi connectivity index (χ0n) is 37.4. The Morgan fingerprint density at radius 3 is 2.43 bits per heavy atom. The second-order valence-electron chi connectivity index (χ2n) is 19.4. The largest absolute Gasteiger partial charge is 0.491 e. The van der Waals surface area contributed by atoms with Gasteiger partial charge in [-0.15, -0.1) is 11.3 Å². The van der Waals surface area contributed by atoms with Crippen LogP contribution in [-0.2, 0) is 29.1 Å². The second-order valence-corrected chi connectivity index (χ2v) is 22.3. The highest BCUT2D eigenvalue weighted by molar-refractivity contribution is 7.91. The maximum atomic E-state index is 15.3. The summed E-state index contributed by atoms with van der Waals surface area (Å²) in [5.74, 6) is -0.0344. The average molecular weight is 929 g/mol. The highest BCUT2D eigenvalue weighted by Crippen LogP contribution is 2.52. The number of amides is 4. The Bertz CT molecular complexity index is 2400. The maximum absolute atomic E-state index is 15.3. The van der Waals surface area contributed by atoms with Crippen molar-refractivity contribution in [1.29, 1.82) is 0 Å². The smallest absolute Gasteiger partial charge is 0.408 e. The molecule has 4 aliphatic carbocycles. The van der Waals surface area contributed by atoms with E-state index in [2.05, 4.69) is 27.3 Å². The van der Waals surface area contributed by atoms with Crippen molar-refractivity contribution in [2.24, 2.45) is 29.6 Å². The van der Waals surface area contributed by atoms with Gasteiger partial charge < -0.3 is 29.7 Å². The molecule has 4 saturated carbocycles. The summed E-state index contributed by atoms with van der Waals surface area (Å²) in [6, 6.07) is 9.08. The molecule has 2 aromatic heterocycles. The van der Waals surface area contributed by atoms with Gasteiger partial charge in [-0.05, 0) is 120 Å². The molecule has 0 spiro atoms. The molecular weight excluding hydrogens is 869 g/mol. The predicted octanol–water partition coefficient (Wildman–Crippen LogP) is 6.79. The summed E-state index contributed by atoms with van der Waals surface area (Å²) in [5.41, 5.74) is 0.493. The molecule has 2 aliphatic heterocycles. The molecule has 4 heterocycles. The van der Waals surface area contributed by atoms with E-state index >= 15 is 4.79 Å². The number of aromatic nitrogens is 2. The number of alkyl carbamates (subject to hydrolysis) is 1. The number of fused-ring (bicyclic) bond motifs is 3.